The third kappa shape index (κ3) is 2.86. The van der Waals surface area contributed by atoms with Gasteiger partial charge >= 0.3 is 6.09 Å². The molecule has 3 rings (SSSR count). The Morgan fingerprint density at radius 1 is 1.33 bits per heavy atom. The third-order valence-corrected chi connectivity index (χ3v) is 4.47. The molecule has 1 aliphatic heterocycles. The molecule has 0 fully saturated rings. The average molecular weight is 394 g/mol. The second-order valence-corrected chi connectivity index (χ2v) is 6.79. The zero-order chi connectivity index (χ0) is 17.4. The lowest BCUT2D eigenvalue weighted by molar-refractivity contribution is 0.187. The van der Waals surface area contributed by atoms with Crippen molar-refractivity contribution in [3.8, 4) is 16.9 Å². The molecule has 0 radical (unpaired) electrons. The second kappa shape index (κ2) is 6.43. The van der Waals surface area contributed by atoms with E-state index in [1.54, 1.807) is 0 Å². The summed E-state index contributed by atoms with van der Waals surface area (Å²) in [4.78, 5) is 11.6. The number of methoxy groups -OCH3 is 1. The molecule has 0 aromatic heterocycles. The standard InChI is InChI=1S/C18H17BrFNO3/c1-9(2)16-13-8-24-17-12(6-10(19)7-14(17)20)11(13)4-5-15(16)21-18(22)23-3/h4-7,9H,8H2,1-3H3,(H,21,22). The first-order chi connectivity index (χ1) is 11.4. The molecule has 2 aromatic rings. The van der Waals surface area contributed by atoms with Gasteiger partial charge in [-0.2, -0.15) is 0 Å². The Morgan fingerprint density at radius 3 is 2.75 bits per heavy atom. The van der Waals surface area contributed by atoms with Crippen molar-refractivity contribution < 1.29 is 18.7 Å². The predicted octanol–water partition coefficient (Wildman–Crippen LogP) is 5.45. The Bertz CT molecular complexity index is 820. The Balaban J connectivity index is 2.20. The maximum atomic E-state index is 14.2. The molecule has 1 aliphatic rings. The maximum Gasteiger partial charge on any atom is 0.411 e. The molecule has 0 spiro atoms. The monoisotopic (exact) mass is 393 g/mol. The number of fused-ring (bicyclic) bond motifs is 3. The van der Waals surface area contributed by atoms with Gasteiger partial charge in [-0.25, -0.2) is 9.18 Å². The van der Waals surface area contributed by atoms with Crippen LogP contribution in [0.15, 0.2) is 28.7 Å². The molecular formula is C18H17BrFNO3. The average Bonchev–Trinajstić information content (AvgIpc) is 2.53. The fourth-order valence-corrected chi connectivity index (χ4v) is 3.48. The van der Waals surface area contributed by atoms with Gasteiger partial charge in [0.1, 0.15) is 6.61 Å². The predicted molar refractivity (Wildman–Crippen MR) is 94.0 cm³/mol. The van der Waals surface area contributed by atoms with Crippen molar-refractivity contribution in [1.82, 2.24) is 0 Å². The lowest BCUT2D eigenvalue weighted by Gasteiger charge is -2.27. The summed E-state index contributed by atoms with van der Waals surface area (Å²) in [5.74, 6) is 0.0104. The number of rotatable bonds is 2. The normalized spacial score (nSPS) is 12.2. The van der Waals surface area contributed by atoms with Crippen molar-refractivity contribution in [3.05, 3.63) is 45.7 Å². The first kappa shape index (κ1) is 16.8. The minimum atomic E-state index is -0.525. The summed E-state index contributed by atoms with van der Waals surface area (Å²) in [6.07, 6.45) is -0.525. The van der Waals surface area contributed by atoms with Crippen LogP contribution < -0.4 is 10.1 Å². The Hall–Kier alpha value is -2.08. The quantitative estimate of drug-likeness (QED) is 0.737. The first-order valence-electron chi connectivity index (χ1n) is 7.55. The number of hydrogen-bond acceptors (Lipinski definition) is 3. The molecule has 2 aromatic carbocycles. The topological polar surface area (TPSA) is 47.6 Å². The van der Waals surface area contributed by atoms with Crippen molar-refractivity contribution in [2.45, 2.75) is 26.4 Å². The van der Waals surface area contributed by atoms with Crippen LogP contribution in [0.5, 0.6) is 5.75 Å². The minimum Gasteiger partial charge on any atom is -0.485 e. The highest BCUT2D eigenvalue weighted by Crippen LogP contribution is 2.45. The van der Waals surface area contributed by atoms with E-state index in [2.05, 4.69) is 26.0 Å². The van der Waals surface area contributed by atoms with Gasteiger partial charge in [-0.3, -0.25) is 5.32 Å². The van der Waals surface area contributed by atoms with Crippen molar-refractivity contribution in [3.63, 3.8) is 0 Å². The van der Waals surface area contributed by atoms with Gasteiger partial charge in [-0.15, -0.1) is 0 Å². The number of carbonyl (C=O) groups is 1. The molecule has 1 amide bonds. The molecule has 0 aliphatic carbocycles. The van der Waals surface area contributed by atoms with Gasteiger partial charge in [0.05, 0.1) is 7.11 Å². The van der Waals surface area contributed by atoms with Crippen molar-refractivity contribution in [2.75, 3.05) is 12.4 Å². The van der Waals surface area contributed by atoms with Gasteiger partial charge in [0.2, 0.25) is 0 Å². The third-order valence-electron chi connectivity index (χ3n) is 4.02. The molecule has 0 atom stereocenters. The van der Waals surface area contributed by atoms with Crippen LogP contribution in [0.3, 0.4) is 0 Å². The molecule has 0 unspecified atom stereocenters. The zero-order valence-electron chi connectivity index (χ0n) is 13.6. The van der Waals surface area contributed by atoms with Crippen LogP contribution in [-0.4, -0.2) is 13.2 Å². The number of benzene rings is 2. The van der Waals surface area contributed by atoms with E-state index in [4.69, 9.17) is 4.74 Å². The highest BCUT2D eigenvalue weighted by molar-refractivity contribution is 9.10. The number of ether oxygens (including phenoxy) is 2. The Morgan fingerprint density at radius 2 is 2.08 bits per heavy atom. The lowest BCUT2D eigenvalue weighted by atomic mass is 9.87. The Kier molecular flexibility index (Phi) is 4.49. The summed E-state index contributed by atoms with van der Waals surface area (Å²) in [5.41, 5.74) is 4.20. The molecule has 1 heterocycles. The minimum absolute atomic E-state index is 0.147. The number of anilines is 1. The van der Waals surface area contributed by atoms with E-state index in [1.165, 1.54) is 13.2 Å². The smallest absolute Gasteiger partial charge is 0.411 e. The highest BCUT2D eigenvalue weighted by Gasteiger charge is 2.26. The van der Waals surface area contributed by atoms with Gasteiger partial charge in [0, 0.05) is 21.3 Å². The fraction of sp³-hybridized carbons (Fsp3) is 0.278. The molecular weight excluding hydrogens is 377 g/mol. The van der Waals surface area contributed by atoms with Gasteiger partial charge in [-0.05, 0) is 35.2 Å². The first-order valence-corrected chi connectivity index (χ1v) is 8.34. The van der Waals surface area contributed by atoms with Crippen molar-refractivity contribution in [2.24, 2.45) is 0 Å². The van der Waals surface area contributed by atoms with Gasteiger partial charge < -0.3 is 9.47 Å². The van der Waals surface area contributed by atoms with Crippen LogP contribution in [0.1, 0.15) is 30.9 Å². The molecule has 0 saturated carbocycles. The molecule has 4 nitrogen and oxygen atoms in total. The van der Waals surface area contributed by atoms with Gasteiger partial charge in [0.25, 0.3) is 0 Å². The van der Waals surface area contributed by atoms with Crippen LogP contribution in [-0.2, 0) is 11.3 Å². The summed E-state index contributed by atoms with van der Waals surface area (Å²) in [7, 11) is 1.32. The number of carbonyl (C=O) groups excluding carboxylic acids is 1. The summed E-state index contributed by atoms with van der Waals surface area (Å²) < 4.78 is 25.2. The van der Waals surface area contributed by atoms with Crippen molar-refractivity contribution in [1.29, 1.82) is 0 Å². The highest BCUT2D eigenvalue weighted by atomic mass is 79.9. The summed E-state index contributed by atoms with van der Waals surface area (Å²) >= 11 is 3.33. The molecule has 0 saturated heterocycles. The van der Waals surface area contributed by atoms with E-state index in [0.717, 1.165) is 16.7 Å². The molecule has 1 N–H and O–H groups in total. The number of amides is 1. The van der Waals surface area contributed by atoms with Crippen LogP contribution in [0.4, 0.5) is 14.9 Å². The molecule has 24 heavy (non-hydrogen) atoms. The molecule has 6 heteroatoms. The lowest BCUT2D eigenvalue weighted by Crippen LogP contribution is -2.17. The van der Waals surface area contributed by atoms with Crippen LogP contribution >= 0.6 is 15.9 Å². The van der Waals surface area contributed by atoms with E-state index < -0.39 is 11.9 Å². The Labute approximate surface area is 148 Å². The van der Waals surface area contributed by atoms with E-state index >= 15 is 0 Å². The maximum absolute atomic E-state index is 14.2. The molecule has 0 bridgehead atoms. The number of halogens is 2. The zero-order valence-corrected chi connectivity index (χ0v) is 15.2. The van der Waals surface area contributed by atoms with Gasteiger partial charge in [0.15, 0.2) is 11.6 Å². The van der Waals surface area contributed by atoms with Crippen LogP contribution in [0, 0.1) is 5.82 Å². The van der Waals surface area contributed by atoms with Crippen LogP contribution in [0.2, 0.25) is 0 Å². The van der Waals surface area contributed by atoms with Gasteiger partial charge in [-0.1, -0.05) is 35.8 Å². The summed E-state index contributed by atoms with van der Waals surface area (Å²) in [6.45, 7) is 4.33. The SMILES string of the molecule is COC(=O)Nc1ccc2c(c1C(C)C)COc1c(F)cc(Br)cc1-2. The number of hydrogen-bond donors (Lipinski definition) is 1. The van der Waals surface area contributed by atoms with Crippen LogP contribution in [0.25, 0.3) is 11.1 Å². The number of nitrogens with one attached hydrogen (secondary N) is 1. The summed E-state index contributed by atoms with van der Waals surface area (Å²) in [5, 5.41) is 2.74. The van der Waals surface area contributed by atoms with E-state index in [9.17, 15) is 9.18 Å². The molecule has 126 valence electrons. The summed E-state index contributed by atoms with van der Waals surface area (Å²) in [6, 6.07) is 6.92. The van der Waals surface area contributed by atoms with Crippen molar-refractivity contribution >= 4 is 27.7 Å². The largest absolute Gasteiger partial charge is 0.485 e. The fourth-order valence-electron chi connectivity index (χ4n) is 3.05. The van der Waals surface area contributed by atoms with E-state index in [-0.39, 0.29) is 18.3 Å². The second-order valence-electron chi connectivity index (χ2n) is 5.88. The van der Waals surface area contributed by atoms with E-state index in [0.29, 0.717) is 15.7 Å². The van der Waals surface area contributed by atoms with E-state index in [1.807, 2.05) is 32.0 Å².